The van der Waals surface area contributed by atoms with E-state index >= 15 is 0 Å². The molecule has 0 spiro atoms. The molecule has 0 radical (unpaired) electrons. The number of H-pyrrole nitrogens is 1. The minimum absolute atomic E-state index is 0.150. The number of carbonyl (C=O) groups excluding carboxylic acids is 1. The molecule has 3 aromatic rings. The number of nitrogens with one attached hydrogen (secondary N) is 2. The van der Waals surface area contributed by atoms with Gasteiger partial charge in [-0.25, -0.2) is 0 Å². The maximum absolute atomic E-state index is 12.8. The van der Waals surface area contributed by atoms with Crippen molar-refractivity contribution in [1.82, 2.24) is 14.9 Å². The van der Waals surface area contributed by atoms with Gasteiger partial charge in [0, 0.05) is 36.2 Å². The fraction of sp³-hybridized carbons (Fsp3) is 0.304. The molecule has 0 saturated carbocycles. The van der Waals surface area contributed by atoms with Gasteiger partial charge in [-0.1, -0.05) is 29.8 Å². The quantitative estimate of drug-likeness (QED) is 0.712. The second-order valence-corrected chi connectivity index (χ2v) is 7.51. The molecular formula is C23H27N3O2. The van der Waals surface area contributed by atoms with E-state index < -0.39 is 0 Å². The Kier molecular flexibility index (Phi) is 5.54. The number of hydrogen-bond acceptors (Lipinski definition) is 2. The van der Waals surface area contributed by atoms with Crippen LogP contribution in [-0.4, -0.2) is 15.5 Å². The zero-order chi connectivity index (χ0) is 20.4. The van der Waals surface area contributed by atoms with Crippen molar-refractivity contribution >= 4 is 5.91 Å². The number of nitrogens with zero attached hydrogens (tertiary/aromatic N) is 1. The first kappa shape index (κ1) is 19.7. The summed E-state index contributed by atoms with van der Waals surface area (Å²) in [5.74, 6) is -0.156. The smallest absolute Gasteiger partial charge is 0.253 e. The van der Waals surface area contributed by atoms with Gasteiger partial charge in [0.2, 0.25) is 0 Å². The van der Waals surface area contributed by atoms with Gasteiger partial charge in [-0.3, -0.25) is 9.59 Å². The van der Waals surface area contributed by atoms with Crippen molar-refractivity contribution in [3.63, 3.8) is 0 Å². The number of aryl methyl sites for hydroxylation is 4. The average molecular weight is 377 g/mol. The van der Waals surface area contributed by atoms with E-state index in [4.69, 9.17) is 0 Å². The standard InChI is InChI=1S/C23H27N3O2/c1-14-6-8-19(9-7-14)13-26-12-16(3)21(18(26)5)23(28)24-11-20-15(2)10-17(4)25-22(20)27/h6-10,12H,11,13H2,1-5H3,(H,24,28)(H,25,27). The molecule has 0 bridgehead atoms. The lowest BCUT2D eigenvalue weighted by Crippen LogP contribution is -2.28. The summed E-state index contributed by atoms with van der Waals surface area (Å²) in [5.41, 5.74) is 7.08. The van der Waals surface area contributed by atoms with Crippen LogP contribution in [0.1, 0.15) is 49.6 Å². The minimum Gasteiger partial charge on any atom is -0.348 e. The topological polar surface area (TPSA) is 66.9 Å². The molecule has 0 unspecified atom stereocenters. The summed E-state index contributed by atoms with van der Waals surface area (Å²) in [4.78, 5) is 27.8. The van der Waals surface area contributed by atoms with Crippen LogP contribution in [0.5, 0.6) is 0 Å². The lowest BCUT2D eigenvalue weighted by molar-refractivity contribution is 0.0949. The third kappa shape index (κ3) is 4.09. The molecule has 2 heterocycles. The molecule has 146 valence electrons. The number of carbonyl (C=O) groups is 1. The molecule has 2 aromatic heterocycles. The predicted octanol–water partition coefficient (Wildman–Crippen LogP) is 3.70. The van der Waals surface area contributed by atoms with E-state index in [9.17, 15) is 9.59 Å². The highest BCUT2D eigenvalue weighted by atomic mass is 16.2. The molecule has 28 heavy (non-hydrogen) atoms. The molecular weight excluding hydrogens is 350 g/mol. The lowest BCUT2D eigenvalue weighted by Gasteiger charge is -2.10. The van der Waals surface area contributed by atoms with Crippen LogP contribution >= 0.6 is 0 Å². The minimum atomic E-state index is -0.156. The Morgan fingerprint density at radius 2 is 1.71 bits per heavy atom. The van der Waals surface area contributed by atoms with Crippen LogP contribution in [0.25, 0.3) is 0 Å². The van der Waals surface area contributed by atoms with E-state index in [1.165, 1.54) is 11.1 Å². The first-order valence-electron chi connectivity index (χ1n) is 9.45. The second-order valence-electron chi connectivity index (χ2n) is 7.51. The zero-order valence-electron chi connectivity index (χ0n) is 17.1. The molecule has 1 amide bonds. The van der Waals surface area contributed by atoms with Crippen LogP contribution in [0.15, 0.2) is 41.3 Å². The number of benzene rings is 1. The van der Waals surface area contributed by atoms with Gasteiger partial charge in [-0.2, -0.15) is 0 Å². The Balaban J connectivity index is 1.78. The number of pyridine rings is 1. The number of amides is 1. The molecule has 5 nitrogen and oxygen atoms in total. The van der Waals surface area contributed by atoms with Crippen LogP contribution < -0.4 is 10.9 Å². The van der Waals surface area contributed by atoms with E-state index in [0.717, 1.165) is 29.1 Å². The van der Waals surface area contributed by atoms with E-state index in [-0.39, 0.29) is 18.0 Å². The first-order chi connectivity index (χ1) is 13.3. The molecule has 2 N–H and O–H groups in total. The average Bonchev–Trinajstić information content (AvgIpc) is 2.89. The van der Waals surface area contributed by atoms with Gasteiger partial charge in [0.15, 0.2) is 0 Å². The molecule has 1 aromatic carbocycles. The number of hydrogen-bond donors (Lipinski definition) is 2. The van der Waals surface area contributed by atoms with Crippen LogP contribution in [0.4, 0.5) is 0 Å². The van der Waals surface area contributed by atoms with Gasteiger partial charge >= 0.3 is 0 Å². The van der Waals surface area contributed by atoms with Crippen molar-refractivity contribution in [2.24, 2.45) is 0 Å². The fourth-order valence-electron chi connectivity index (χ4n) is 3.58. The lowest BCUT2D eigenvalue weighted by atomic mass is 10.1. The molecule has 0 fully saturated rings. The molecule has 3 rings (SSSR count). The Bertz CT molecular complexity index is 1070. The van der Waals surface area contributed by atoms with Crippen molar-refractivity contribution in [3.05, 3.63) is 91.7 Å². The summed E-state index contributed by atoms with van der Waals surface area (Å²) >= 11 is 0. The van der Waals surface area contributed by atoms with Gasteiger partial charge in [-0.05, 0) is 57.4 Å². The summed E-state index contributed by atoms with van der Waals surface area (Å²) in [6.45, 7) is 10.6. The fourth-order valence-corrected chi connectivity index (χ4v) is 3.58. The van der Waals surface area contributed by atoms with Crippen LogP contribution in [0.3, 0.4) is 0 Å². The number of rotatable bonds is 5. The molecule has 0 aliphatic rings. The van der Waals surface area contributed by atoms with Crippen LogP contribution in [-0.2, 0) is 13.1 Å². The monoisotopic (exact) mass is 377 g/mol. The van der Waals surface area contributed by atoms with Gasteiger partial charge in [0.1, 0.15) is 0 Å². The van der Waals surface area contributed by atoms with E-state index in [1.54, 1.807) is 0 Å². The largest absolute Gasteiger partial charge is 0.348 e. The highest BCUT2D eigenvalue weighted by Gasteiger charge is 2.18. The predicted molar refractivity (Wildman–Crippen MR) is 112 cm³/mol. The molecule has 0 saturated heterocycles. The van der Waals surface area contributed by atoms with Crippen molar-refractivity contribution in [2.45, 2.75) is 47.7 Å². The Morgan fingerprint density at radius 1 is 1.04 bits per heavy atom. The second kappa shape index (κ2) is 7.89. The van der Waals surface area contributed by atoms with E-state index in [2.05, 4.69) is 46.1 Å². The van der Waals surface area contributed by atoms with Crippen molar-refractivity contribution in [1.29, 1.82) is 0 Å². The van der Waals surface area contributed by atoms with Crippen LogP contribution in [0.2, 0.25) is 0 Å². The Morgan fingerprint density at radius 3 is 2.36 bits per heavy atom. The third-order valence-corrected chi connectivity index (χ3v) is 5.16. The van der Waals surface area contributed by atoms with Gasteiger partial charge in [0.25, 0.3) is 11.5 Å². The zero-order valence-corrected chi connectivity index (χ0v) is 17.1. The first-order valence-corrected chi connectivity index (χ1v) is 9.45. The molecule has 0 atom stereocenters. The summed E-state index contributed by atoms with van der Waals surface area (Å²) in [6, 6.07) is 10.3. The molecule has 5 heteroatoms. The number of aromatic amines is 1. The Hall–Kier alpha value is -3.08. The number of aromatic nitrogens is 2. The normalized spacial score (nSPS) is 10.9. The molecule has 0 aliphatic carbocycles. The Labute approximate surface area is 165 Å². The van der Waals surface area contributed by atoms with Crippen molar-refractivity contribution < 1.29 is 4.79 Å². The summed E-state index contributed by atoms with van der Waals surface area (Å²) in [5, 5.41) is 2.91. The van der Waals surface area contributed by atoms with Crippen LogP contribution in [0, 0.1) is 34.6 Å². The van der Waals surface area contributed by atoms with E-state index in [1.807, 2.05) is 40.0 Å². The maximum atomic E-state index is 12.8. The summed E-state index contributed by atoms with van der Waals surface area (Å²) in [6.07, 6.45) is 2.01. The van der Waals surface area contributed by atoms with Crippen molar-refractivity contribution in [3.8, 4) is 0 Å². The summed E-state index contributed by atoms with van der Waals surface area (Å²) < 4.78 is 2.10. The van der Waals surface area contributed by atoms with Crippen molar-refractivity contribution in [2.75, 3.05) is 0 Å². The van der Waals surface area contributed by atoms with Gasteiger partial charge < -0.3 is 14.9 Å². The SMILES string of the molecule is Cc1ccc(Cn2cc(C)c(C(=O)NCc3c(C)cc(C)[nH]c3=O)c2C)cc1. The van der Waals surface area contributed by atoms with Gasteiger partial charge in [0.05, 0.1) is 5.56 Å². The van der Waals surface area contributed by atoms with E-state index in [0.29, 0.717) is 11.1 Å². The maximum Gasteiger partial charge on any atom is 0.253 e. The summed E-state index contributed by atoms with van der Waals surface area (Å²) in [7, 11) is 0. The molecule has 0 aliphatic heterocycles. The highest BCUT2D eigenvalue weighted by molar-refractivity contribution is 5.96. The third-order valence-electron chi connectivity index (χ3n) is 5.16. The van der Waals surface area contributed by atoms with Gasteiger partial charge in [-0.15, -0.1) is 0 Å². The highest BCUT2D eigenvalue weighted by Crippen LogP contribution is 2.18.